The average Bonchev–Trinajstić information content (AvgIpc) is 2.65. The molecule has 0 saturated carbocycles. The Morgan fingerprint density at radius 1 is 0.769 bits per heavy atom. The topological polar surface area (TPSA) is 35.5 Å². The number of hydrogen-bond acceptors (Lipinski definition) is 3. The van der Waals surface area contributed by atoms with Crippen LogP contribution in [0.1, 0.15) is 32.6 Å². The first kappa shape index (κ1) is 17.7. The third-order valence-corrected chi connectivity index (χ3v) is 4.04. The fraction of sp³-hybridized carbons (Fsp3) is 0.174. The second kappa shape index (κ2) is 8.34. The fourth-order valence-electron chi connectivity index (χ4n) is 2.75. The molecule has 3 aromatic carbocycles. The zero-order chi connectivity index (χ0) is 18.4. The van der Waals surface area contributed by atoms with Gasteiger partial charge < -0.3 is 9.47 Å². The highest BCUT2D eigenvalue weighted by atomic mass is 16.5. The van der Waals surface area contributed by atoms with E-state index < -0.39 is 0 Å². The summed E-state index contributed by atoms with van der Waals surface area (Å²) in [7, 11) is 0. The number of para-hydroxylation sites is 1. The molecule has 3 heteroatoms. The summed E-state index contributed by atoms with van der Waals surface area (Å²) in [5.74, 6) is 0.148. The fourth-order valence-corrected chi connectivity index (χ4v) is 2.75. The highest BCUT2D eigenvalue weighted by Crippen LogP contribution is 2.21. The van der Waals surface area contributed by atoms with Crippen LogP contribution in [0.2, 0.25) is 0 Å². The smallest absolute Gasteiger partial charge is 0.342 e. The van der Waals surface area contributed by atoms with Gasteiger partial charge in [0, 0.05) is 0 Å². The molecule has 0 aliphatic carbocycles. The van der Waals surface area contributed by atoms with Gasteiger partial charge in [-0.2, -0.15) is 0 Å². The van der Waals surface area contributed by atoms with Gasteiger partial charge in [-0.15, -0.1) is 0 Å². The van der Waals surface area contributed by atoms with Gasteiger partial charge in [-0.1, -0.05) is 71.8 Å². The zero-order valence-corrected chi connectivity index (χ0v) is 15.1. The molecule has 0 bridgehead atoms. The second-order valence-corrected chi connectivity index (χ2v) is 6.34. The van der Waals surface area contributed by atoms with Crippen molar-refractivity contribution in [2.75, 3.05) is 0 Å². The Bertz CT molecular complexity index is 899. The van der Waals surface area contributed by atoms with E-state index in [1.54, 1.807) is 12.1 Å². The van der Waals surface area contributed by atoms with Crippen molar-refractivity contribution in [3.8, 4) is 5.75 Å². The lowest BCUT2D eigenvalue weighted by Crippen LogP contribution is -2.08. The number of aryl methyl sites for hydroxylation is 2. The second-order valence-electron chi connectivity index (χ2n) is 6.34. The third kappa shape index (κ3) is 4.73. The molecule has 0 amide bonds. The number of ether oxygens (including phenoxy) is 2. The molecule has 0 aromatic heterocycles. The molecule has 0 atom stereocenters. The van der Waals surface area contributed by atoms with Crippen LogP contribution < -0.4 is 4.74 Å². The van der Waals surface area contributed by atoms with Gasteiger partial charge in [0.05, 0.1) is 0 Å². The first-order valence-electron chi connectivity index (χ1n) is 8.62. The van der Waals surface area contributed by atoms with Gasteiger partial charge in [-0.05, 0) is 37.1 Å². The quantitative estimate of drug-likeness (QED) is 0.573. The summed E-state index contributed by atoms with van der Waals surface area (Å²) in [5.41, 5.74) is 4.79. The number of rotatable bonds is 6. The van der Waals surface area contributed by atoms with E-state index >= 15 is 0 Å². The predicted molar refractivity (Wildman–Crippen MR) is 102 cm³/mol. The van der Waals surface area contributed by atoms with E-state index in [1.165, 1.54) is 5.56 Å². The van der Waals surface area contributed by atoms with Gasteiger partial charge in [0.15, 0.2) is 0 Å². The highest BCUT2D eigenvalue weighted by Gasteiger charge is 2.14. The summed E-state index contributed by atoms with van der Waals surface area (Å²) in [6.45, 7) is 4.70. The minimum absolute atomic E-state index is 0.243. The monoisotopic (exact) mass is 346 g/mol. The standard InChI is InChI=1S/C23H22O3/c1-17-7-5-9-19(13-17)15-25-22-12-4-3-11-21(22)23(24)26-16-20-10-6-8-18(2)14-20/h3-14H,15-16H2,1-2H3. The molecular weight excluding hydrogens is 324 g/mol. The maximum Gasteiger partial charge on any atom is 0.342 e. The van der Waals surface area contributed by atoms with Crippen molar-refractivity contribution in [1.82, 2.24) is 0 Å². The molecule has 3 nitrogen and oxygen atoms in total. The van der Waals surface area contributed by atoms with Gasteiger partial charge in [-0.3, -0.25) is 0 Å². The maximum absolute atomic E-state index is 12.5. The SMILES string of the molecule is Cc1cccc(COC(=O)c2ccccc2OCc2cccc(C)c2)c1. The van der Waals surface area contributed by atoms with Crippen molar-refractivity contribution < 1.29 is 14.3 Å². The summed E-state index contributed by atoms with van der Waals surface area (Å²) in [4.78, 5) is 12.5. The van der Waals surface area contributed by atoms with Crippen molar-refractivity contribution in [2.24, 2.45) is 0 Å². The van der Waals surface area contributed by atoms with Crippen LogP contribution >= 0.6 is 0 Å². The molecule has 3 rings (SSSR count). The minimum Gasteiger partial charge on any atom is -0.488 e. The molecule has 0 fully saturated rings. The summed E-state index contributed by atoms with van der Waals surface area (Å²) in [6, 6.07) is 23.2. The lowest BCUT2D eigenvalue weighted by Gasteiger charge is -2.12. The lowest BCUT2D eigenvalue weighted by molar-refractivity contribution is 0.0467. The van der Waals surface area contributed by atoms with Crippen LogP contribution in [0.3, 0.4) is 0 Å². The summed E-state index contributed by atoms with van der Waals surface area (Å²) < 4.78 is 11.3. The maximum atomic E-state index is 12.5. The number of carbonyl (C=O) groups excluding carboxylic acids is 1. The van der Waals surface area contributed by atoms with Crippen LogP contribution in [0.25, 0.3) is 0 Å². The third-order valence-electron chi connectivity index (χ3n) is 4.04. The van der Waals surface area contributed by atoms with Gasteiger partial charge >= 0.3 is 5.97 Å². The molecular formula is C23H22O3. The first-order chi connectivity index (χ1) is 12.6. The van der Waals surface area contributed by atoms with Crippen LogP contribution in [0, 0.1) is 13.8 Å². The molecule has 26 heavy (non-hydrogen) atoms. The largest absolute Gasteiger partial charge is 0.488 e. The van der Waals surface area contributed by atoms with Crippen LogP contribution in [-0.2, 0) is 18.0 Å². The highest BCUT2D eigenvalue weighted by molar-refractivity contribution is 5.92. The van der Waals surface area contributed by atoms with Gasteiger partial charge in [0.1, 0.15) is 24.5 Å². The normalized spacial score (nSPS) is 10.4. The van der Waals surface area contributed by atoms with Gasteiger partial charge in [0.2, 0.25) is 0 Å². The van der Waals surface area contributed by atoms with E-state index in [-0.39, 0.29) is 12.6 Å². The Balaban J connectivity index is 1.66. The minimum atomic E-state index is -0.383. The van der Waals surface area contributed by atoms with Crippen molar-refractivity contribution >= 4 is 5.97 Å². The van der Waals surface area contributed by atoms with E-state index in [0.717, 1.165) is 16.7 Å². The van der Waals surface area contributed by atoms with E-state index in [1.807, 2.05) is 68.4 Å². The lowest BCUT2D eigenvalue weighted by atomic mass is 10.1. The number of esters is 1. The Morgan fingerprint density at radius 2 is 1.38 bits per heavy atom. The summed E-state index contributed by atoms with van der Waals surface area (Å²) >= 11 is 0. The Kier molecular flexibility index (Phi) is 5.69. The summed E-state index contributed by atoms with van der Waals surface area (Å²) in [6.07, 6.45) is 0. The number of hydrogen-bond donors (Lipinski definition) is 0. The summed E-state index contributed by atoms with van der Waals surface area (Å²) in [5, 5.41) is 0. The molecule has 0 heterocycles. The molecule has 3 aromatic rings. The van der Waals surface area contributed by atoms with Gasteiger partial charge in [-0.25, -0.2) is 4.79 Å². The van der Waals surface area contributed by atoms with Crippen molar-refractivity contribution in [1.29, 1.82) is 0 Å². The predicted octanol–water partition coefficient (Wildman–Crippen LogP) is 5.24. The van der Waals surface area contributed by atoms with Crippen LogP contribution in [0.5, 0.6) is 5.75 Å². The van der Waals surface area contributed by atoms with Crippen LogP contribution in [-0.4, -0.2) is 5.97 Å². The Labute approximate surface area is 154 Å². The molecule has 0 N–H and O–H groups in total. The van der Waals surface area contributed by atoms with Crippen molar-refractivity contribution in [2.45, 2.75) is 27.1 Å². The van der Waals surface area contributed by atoms with Crippen LogP contribution in [0.4, 0.5) is 0 Å². The zero-order valence-electron chi connectivity index (χ0n) is 15.1. The van der Waals surface area contributed by atoms with E-state index in [2.05, 4.69) is 6.07 Å². The van der Waals surface area contributed by atoms with E-state index in [9.17, 15) is 4.79 Å². The average molecular weight is 346 g/mol. The van der Waals surface area contributed by atoms with Crippen molar-refractivity contribution in [3.05, 3.63) is 101 Å². The molecule has 0 spiro atoms. The Hall–Kier alpha value is -3.07. The molecule has 0 saturated heterocycles. The van der Waals surface area contributed by atoms with Crippen molar-refractivity contribution in [3.63, 3.8) is 0 Å². The van der Waals surface area contributed by atoms with E-state index in [0.29, 0.717) is 17.9 Å². The molecule has 0 unspecified atom stereocenters. The number of carbonyl (C=O) groups is 1. The first-order valence-corrected chi connectivity index (χ1v) is 8.62. The molecule has 0 radical (unpaired) electrons. The Morgan fingerprint density at radius 3 is 2.04 bits per heavy atom. The van der Waals surface area contributed by atoms with Crippen LogP contribution in [0.15, 0.2) is 72.8 Å². The van der Waals surface area contributed by atoms with E-state index in [4.69, 9.17) is 9.47 Å². The molecule has 0 aliphatic heterocycles. The number of benzene rings is 3. The molecule has 132 valence electrons. The van der Waals surface area contributed by atoms with Gasteiger partial charge in [0.25, 0.3) is 0 Å². The molecule has 0 aliphatic rings.